The minimum atomic E-state index is -0.680. The Morgan fingerprint density at radius 1 is 1.35 bits per heavy atom. The van der Waals surface area contributed by atoms with Gasteiger partial charge in [0.15, 0.2) is 0 Å². The lowest BCUT2D eigenvalue weighted by Crippen LogP contribution is -2.57. The normalized spacial score (nSPS) is 19.8. The van der Waals surface area contributed by atoms with Crippen molar-refractivity contribution in [2.24, 2.45) is 0 Å². The van der Waals surface area contributed by atoms with Crippen LogP contribution in [0.4, 0.5) is 0 Å². The summed E-state index contributed by atoms with van der Waals surface area (Å²) in [5.74, 6) is -0.677. The molecule has 0 aromatic rings. The van der Waals surface area contributed by atoms with Crippen LogP contribution >= 0.6 is 0 Å². The van der Waals surface area contributed by atoms with Gasteiger partial charge >= 0.3 is 5.97 Å². The van der Waals surface area contributed by atoms with Crippen LogP contribution in [0.25, 0.3) is 0 Å². The minimum absolute atomic E-state index is 0.405. The monoisotopic (exact) mass is 242 g/mol. The number of rotatable bonds is 5. The first-order valence-corrected chi connectivity index (χ1v) is 6.62. The summed E-state index contributed by atoms with van der Waals surface area (Å²) >= 11 is 0. The second-order valence-corrected chi connectivity index (χ2v) is 5.19. The molecule has 0 atom stereocenters. The van der Waals surface area contributed by atoms with Crippen molar-refractivity contribution in [2.75, 3.05) is 27.2 Å². The fourth-order valence-corrected chi connectivity index (χ4v) is 2.93. The minimum Gasteiger partial charge on any atom is -0.480 e. The van der Waals surface area contributed by atoms with Gasteiger partial charge in [0.2, 0.25) is 0 Å². The van der Waals surface area contributed by atoms with Gasteiger partial charge in [0.05, 0.1) is 0 Å². The molecule has 0 aliphatic carbocycles. The van der Waals surface area contributed by atoms with Crippen molar-refractivity contribution in [3.8, 4) is 0 Å². The number of likely N-dealkylation sites (tertiary alicyclic amines) is 1. The third kappa shape index (κ3) is 2.80. The van der Waals surface area contributed by atoms with Crippen molar-refractivity contribution >= 4 is 5.97 Å². The number of aliphatic carboxylic acids is 1. The maximum Gasteiger partial charge on any atom is 0.324 e. The maximum absolute atomic E-state index is 11.6. The summed E-state index contributed by atoms with van der Waals surface area (Å²) in [6.45, 7) is 6.09. The molecule has 100 valence electrons. The SMILES string of the molecule is CCC(CC)(C(=O)O)N(C)C1CCN(C)CC1. The first kappa shape index (κ1) is 14.5. The lowest BCUT2D eigenvalue weighted by molar-refractivity contribution is -0.153. The molecule has 1 aliphatic rings. The van der Waals surface area contributed by atoms with Crippen LogP contribution in [-0.4, -0.2) is 59.6 Å². The highest BCUT2D eigenvalue weighted by Gasteiger charge is 2.42. The molecule has 4 nitrogen and oxygen atoms in total. The average Bonchev–Trinajstić information content (AvgIpc) is 2.31. The fraction of sp³-hybridized carbons (Fsp3) is 0.923. The van der Waals surface area contributed by atoms with E-state index in [4.69, 9.17) is 0 Å². The predicted octanol–water partition coefficient (Wildman–Crippen LogP) is 1.66. The molecule has 0 aromatic heterocycles. The van der Waals surface area contributed by atoms with Gasteiger partial charge in [-0.3, -0.25) is 9.69 Å². The predicted molar refractivity (Wildman–Crippen MR) is 69.2 cm³/mol. The van der Waals surface area contributed by atoms with Gasteiger partial charge in [0.1, 0.15) is 5.54 Å². The molecular formula is C13H26N2O2. The third-order valence-corrected chi connectivity index (χ3v) is 4.48. The molecule has 1 fully saturated rings. The molecule has 4 heteroatoms. The number of carboxylic acids is 1. The van der Waals surface area contributed by atoms with E-state index in [9.17, 15) is 9.90 Å². The van der Waals surface area contributed by atoms with Gasteiger partial charge in [-0.1, -0.05) is 13.8 Å². The van der Waals surface area contributed by atoms with Crippen molar-refractivity contribution in [2.45, 2.75) is 51.1 Å². The highest BCUT2D eigenvalue weighted by atomic mass is 16.4. The fourth-order valence-electron chi connectivity index (χ4n) is 2.93. The van der Waals surface area contributed by atoms with Gasteiger partial charge in [0, 0.05) is 6.04 Å². The van der Waals surface area contributed by atoms with Gasteiger partial charge in [-0.2, -0.15) is 0 Å². The van der Waals surface area contributed by atoms with E-state index in [0.717, 1.165) is 25.9 Å². The Labute approximate surface area is 105 Å². The smallest absolute Gasteiger partial charge is 0.324 e. The molecule has 0 radical (unpaired) electrons. The molecule has 0 bridgehead atoms. The molecule has 0 saturated carbocycles. The first-order valence-electron chi connectivity index (χ1n) is 6.62. The van der Waals surface area contributed by atoms with E-state index in [1.165, 1.54) is 0 Å². The average molecular weight is 242 g/mol. The zero-order valence-electron chi connectivity index (χ0n) is 11.6. The van der Waals surface area contributed by atoms with Crippen LogP contribution in [0.3, 0.4) is 0 Å². The molecule has 0 amide bonds. The molecule has 1 N–H and O–H groups in total. The first-order chi connectivity index (χ1) is 7.97. The van der Waals surface area contributed by atoms with E-state index in [1.807, 2.05) is 20.9 Å². The molecule has 17 heavy (non-hydrogen) atoms. The van der Waals surface area contributed by atoms with E-state index < -0.39 is 11.5 Å². The number of carbonyl (C=O) groups is 1. The Balaban J connectivity index is 2.78. The number of hydrogen-bond donors (Lipinski definition) is 1. The topological polar surface area (TPSA) is 43.8 Å². The maximum atomic E-state index is 11.6. The molecule has 0 unspecified atom stereocenters. The Morgan fingerprint density at radius 2 is 1.82 bits per heavy atom. The lowest BCUT2D eigenvalue weighted by atomic mass is 9.87. The largest absolute Gasteiger partial charge is 0.480 e. The van der Waals surface area contributed by atoms with Crippen LogP contribution in [0.2, 0.25) is 0 Å². The summed E-state index contributed by atoms with van der Waals surface area (Å²) in [5.41, 5.74) is -0.680. The quantitative estimate of drug-likeness (QED) is 0.796. The summed E-state index contributed by atoms with van der Waals surface area (Å²) in [5, 5.41) is 9.52. The summed E-state index contributed by atoms with van der Waals surface area (Å²) in [6, 6.07) is 0.405. The van der Waals surface area contributed by atoms with Gasteiger partial charge in [0.25, 0.3) is 0 Å². The third-order valence-electron chi connectivity index (χ3n) is 4.48. The Bertz CT molecular complexity index is 256. The molecule has 1 rings (SSSR count). The highest BCUT2D eigenvalue weighted by Crippen LogP contribution is 2.28. The lowest BCUT2D eigenvalue weighted by Gasteiger charge is -2.44. The van der Waals surface area contributed by atoms with E-state index >= 15 is 0 Å². The molecule has 0 aromatic carbocycles. The van der Waals surface area contributed by atoms with Crippen LogP contribution in [0.5, 0.6) is 0 Å². The highest BCUT2D eigenvalue weighted by molar-refractivity contribution is 5.78. The Morgan fingerprint density at radius 3 is 2.18 bits per heavy atom. The Hall–Kier alpha value is -0.610. The van der Waals surface area contributed by atoms with Crippen molar-refractivity contribution in [3.05, 3.63) is 0 Å². The second-order valence-electron chi connectivity index (χ2n) is 5.19. The molecule has 1 aliphatic heterocycles. The van der Waals surface area contributed by atoms with Gasteiger partial charge in [-0.25, -0.2) is 0 Å². The van der Waals surface area contributed by atoms with E-state index in [1.54, 1.807) is 0 Å². The molecule has 0 spiro atoms. The van der Waals surface area contributed by atoms with Crippen LogP contribution < -0.4 is 0 Å². The van der Waals surface area contributed by atoms with Crippen molar-refractivity contribution in [3.63, 3.8) is 0 Å². The van der Waals surface area contributed by atoms with E-state index in [0.29, 0.717) is 18.9 Å². The van der Waals surface area contributed by atoms with Crippen molar-refractivity contribution in [1.29, 1.82) is 0 Å². The number of likely N-dealkylation sites (N-methyl/N-ethyl adjacent to an activating group) is 1. The van der Waals surface area contributed by atoms with Crippen LogP contribution in [0.15, 0.2) is 0 Å². The number of carboxylic acid groups (broad SMARTS) is 1. The van der Waals surface area contributed by atoms with E-state index in [2.05, 4.69) is 16.8 Å². The second kappa shape index (κ2) is 5.83. The molecular weight excluding hydrogens is 216 g/mol. The number of nitrogens with zero attached hydrogens (tertiary/aromatic N) is 2. The van der Waals surface area contributed by atoms with Gasteiger partial charge in [-0.15, -0.1) is 0 Å². The van der Waals surface area contributed by atoms with Crippen LogP contribution in [-0.2, 0) is 4.79 Å². The van der Waals surface area contributed by atoms with Gasteiger partial charge in [-0.05, 0) is 52.9 Å². The van der Waals surface area contributed by atoms with Gasteiger partial charge < -0.3 is 10.0 Å². The summed E-state index contributed by atoms with van der Waals surface area (Å²) in [6.07, 6.45) is 3.48. The summed E-state index contributed by atoms with van der Waals surface area (Å²) < 4.78 is 0. The van der Waals surface area contributed by atoms with Crippen molar-refractivity contribution in [1.82, 2.24) is 9.80 Å². The van der Waals surface area contributed by atoms with E-state index in [-0.39, 0.29) is 0 Å². The van der Waals surface area contributed by atoms with Crippen LogP contribution in [0.1, 0.15) is 39.5 Å². The van der Waals surface area contributed by atoms with Crippen LogP contribution in [0, 0.1) is 0 Å². The summed E-state index contributed by atoms with van der Waals surface area (Å²) in [7, 11) is 4.11. The summed E-state index contributed by atoms with van der Waals surface area (Å²) in [4.78, 5) is 16.0. The zero-order valence-corrected chi connectivity index (χ0v) is 11.6. The Kier molecular flexibility index (Phi) is 4.95. The number of piperidine rings is 1. The molecule has 1 heterocycles. The standard InChI is InChI=1S/C13H26N2O2/c1-5-13(6-2,12(16)17)15(4)11-7-9-14(3)10-8-11/h11H,5-10H2,1-4H3,(H,16,17). The molecule has 1 saturated heterocycles. The number of hydrogen-bond acceptors (Lipinski definition) is 3. The zero-order chi connectivity index (χ0) is 13.1. The van der Waals surface area contributed by atoms with Crippen molar-refractivity contribution < 1.29 is 9.90 Å².